The van der Waals surface area contributed by atoms with Crippen LogP contribution in [0.3, 0.4) is 0 Å². The van der Waals surface area contributed by atoms with Gasteiger partial charge in [-0.3, -0.25) is 9.59 Å². The van der Waals surface area contributed by atoms with Crippen molar-refractivity contribution < 1.29 is 14.4 Å². The van der Waals surface area contributed by atoms with Crippen LogP contribution in [0.2, 0.25) is 5.02 Å². The van der Waals surface area contributed by atoms with Gasteiger partial charge in [-0.05, 0) is 49.0 Å². The standard InChI is InChI=1S/C28H25ClN4O3/c1-30-15-16-31-23-14-8-13-22(29)21(23)17-28(24(31)18-30)25(34)32(19-9-4-2-5-10-19)27(36)33(26(28)35)20-11-6-3-7-12-20/h2-14,24H,15-18H2,1H3/t24-/m0/s1. The van der Waals surface area contributed by atoms with Crippen LogP contribution in [0.4, 0.5) is 21.9 Å². The monoisotopic (exact) mass is 500 g/mol. The molecule has 8 heteroatoms. The first-order valence-electron chi connectivity index (χ1n) is 12.0. The van der Waals surface area contributed by atoms with E-state index in [0.717, 1.165) is 17.8 Å². The van der Waals surface area contributed by atoms with Crippen molar-refractivity contribution in [3.8, 4) is 0 Å². The zero-order valence-corrected chi connectivity index (χ0v) is 20.6. The Morgan fingerprint density at radius 3 is 1.94 bits per heavy atom. The summed E-state index contributed by atoms with van der Waals surface area (Å²) in [4.78, 5) is 49.6. The van der Waals surface area contributed by atoms with Crippen LogP contribution in [0.15, 0.2) is 78.9 Å². The summed E-state index contributed by atoms with van der Waals surface area (Å²) in [5, 5.41) is 0.513. The van der Waals surface area contributed by atoms with Gasteiger partial charge in [0, 0.05) is 36.8 Å². The van der Waals surface area contributed by atoms with Gasteiger partial charge in [0.15, 0.2) is 5.41 Å². The number of benzene rings is 3. The largest absolute Gasteiger partial charge is 0.364 e. The number of fused-ring (bicyclic) bond motifs is 4. The van der Waals surface area contributed by atoms with Crippen LogP contribution in [0, 0.1) is 5.41 Å². The third kappa shape index (κ3) is 3.20. The van der Waals surface area contributed by atoms with Crippen molar-refractivity contribution in [3.63, 3.8) is 0 Å². The van der Waals surface area contributed by atoms with Crippen molar-refractivity contribution in [1.82, 2.24) is 4.90 Å². The lowest BCUT2D eigenvalue weighted by atomic mass is 9.67. The lowest BCUT2D eigenvalue weighted by molar-refractivity contribution is -0.143. The maximum absolute atomic E-state index is 14.6. The van der Waals surface area contributed by atoms with Gasteiger partial charge in [0.1, 0.15) is 0 Å². The van der Waals surface area contributed by atoms with Crippen LogP contribution >= 0.6 is 11.6 Å². The second-order valence-electron chi connectivity index (χ2n) is 9.59. The highest BCUT2D eigenvalue weighted by Gasteiger charge is 2.65. The number of imide groups is 2. The van der Waals surface area contributed by atoms with Crippen molar-refractivity contribution in [2.24, 2.45) is 5.41 Å². The number of para-hydroxylation sites is 2. The van der Waals surface area contributed by atoms with E-state index >= 15 is 0 Å². The highest BCUT2D eigenvalue weighted by atomic mass is 35.5. The number of rotatable bonds is 2. The van der Waals surface area contributed by atoms with E-state index in [1.54, 1.807) is 54.6 Å². The third-order valence-corrected chi connectivity index (χ3v) is 7.95. The molecular weight excluding hydrogens is 476 g/mol. The Balaban J connectivity index is 1.61. The summed E-state index contributed by atoms with van der Waals surface area (Å²) in [6.45, 7) is 1.93. The molecule has 182 valence electrons. The minimum atomic E-state index is -1.54. The molecule has 3 aromatic carbocycles. The Morgan fingerprint density at radius 1 is 0.778 bits per heavy atom. The van der Waals surface area contributed by atoms with Crippen LogP contribution in [0.5, 0.6) is 0 Å². The van der Waals surface area contributed by atoms with Gasteiger partial charge >= 0.3 is 6.03 Å². The van der Waals surface area contributed by atoms with Crippen LogP contribution < -0.4 is 14.7 Å². The lowest BCUT2D eigenvalue weighted by Gasteiger charge is -2.56. The van der Waals surface area contributed by atoms with E-state index in [1.807, 2.05) is 31.3 Å². The molecule has 4 amide bonds. The molecule has 0 saturated carbocycles. The minimum Gasteiger partial charge on any atom is -0.364 e. The van der Waals surface area contributed by atoms with E-state index in [0.29, 0.717) is 29.5 Å². The van der Waals surface area contributed by atoms with Gasteiger partial charge in [-0.2, -0.15) is 0 Å². The van der Waals surface area contributed by atoms with Crippen molar-refractivity contribution in [2.75, 3.05) is 41.4 Å². The van der Waals surface area contributed by atoms with Crippen molar-refractivity contribution in [2.45, 2.75) is 12.5 Å². The molecule has 2 fully saturated rings. The quantitative estimate of drug-likeness (QED) is 0.493. The van der Waals surface area contributed by atoms with E-state index in [-0.39, 0.29) is 6.42 Å². The normalized spacial score (nSPS) is 21.6. The number of halogens is 1. The first-order valence-corrected chi connectivity index (χ1v) is 12.4. The van der Waals surface area contributed by atoms with E-state index in [1.165, 1.54) is 9.80 Å². The fourth-order valence-electron chi connectivity index (χ4n) is 5.83. The molecule has 1 spiro atoms. The number of carbonyl (C=O) groups excluding carboxylic acids is 3. The molecule has 2 saturated heterocycles. The molecule has 3 heterocycles. The Kier molecular flexibility index (Phi) is 5.35. The SMILES string of the molecule is CN1CCN2c3cccc(Cl)c3CC3(C(=O)N(c4ccccc4)C(=O)N(c4ccccc4)C3=O)[C@@H]2C1. The molecule has 0 bridgehead atoms. The predicted molar refractivity (Wildman–Crippen MR) is 139 cm³/mol. The first-order chi connectivity index (χ1) is 17.4. The van der Waals surface area contributed by atoms with Gasteiger partial charge in [0.05, 0.1) is 17.4 Å². The number of nitrogens with zero attached hydrogens (tertiary/aromatic N) is 4. The molecule has 0 N–H and O–H groups in total. The average molecular weight is 501 g/mol. The average Bonchev–Trinajstić information content (AvgIpc) is 2.89. The second-order valence-corrected chi connectivity index (χ2v) is 10.00. The number of piperazine rings is 1. The molecule has 0 unspecified atom stereocenters. The number of hydrogen-bond acceptors (Lipinski definition) is 5. The van der Waals surface area contributed by atoms with Gasteiger partial charge in [0.25, 0.3) is 11.8 Å². The Morgan fingerprint density at radius 2 is 1.36 bits per heavy atom. The molecule has 3 aromatic rings. The highest BCUT2D eigenvalue weighted by Crippen LogP contribution is 2.50. The lowest BCUT2D eigenvalue weighted by Crippen LogP contribution is -2.76. The molecule has 36 heavy (non-hydrogen) atoms. The third-order valence-electron chi connectivity index (χ3n) is 7.59. The van der Waals surface area contributed by atoms with Crippen LogP contribution in [0.25, 0.3) is 0 Å². The summed E-state index contributed by atoms with van der Waals surface area (Å²) in [6.07, 6.45) is 0.120. The van der Waals surface area contributed by atoms with Crippen LogP contribution in [0.1, 0.15) is 5.56 Å². The van der Waals surface area contributed by atoms with Gasteiger partial charge in [0.2, 0.25) is 0 Å². The zero-order chi connectivity index (χ0) is 25.0. The Labute approximate surface area is 214 Å². The number of carbonyl (C=O) groups is 3. The number of hydrogen-bond donors (Lipinski definition) is 0. The number of barbiturate groups is 1. The maximum atomic E-state index is 14.6. The van der Waals surface area contributed by atoms with E-state index in [9.17, 15) is 14.4 Å². The summed E-state index contributed by atoms with van der Waals surface area (Å²) in [7, 11) is 1.99. The van der Waals surface area contributed by atoms with Crippen LogP contribution in [-0.4, -0.2) is 55.5 Å². The molecule has 7 nitrogen and oxygen atoms in total. The molecule has 0 aliphatic carbocycles. The van der Waals surface area contributed by atoms with Gasteiger partial charge in [-0.15, -0.1) is 0 Å². The van der Waals surface area contributed by atoms with Gasteiger partial charge in [-0.25, -0.2) is 14.6 Å². The maximum Gasteiger partial charge on any atom is 0.342 e. The fourth-order valence-corrected chi connectivity index (χ4v) is 6.06. The first kappa shape index (κ1) is 22.8. The topological polar surface area (TPSA) is 64.2 Å². The van der Waals surface area contributed by atoms with E-state index in [2.05, 4.69) is 9.80 Å². The number of anilines is 3. The zero-order valence-electron chi connectivity index (χ0n) is 19.8. The number of likely N-dealkylation sites (N-methyl/N-ethyl adjacent to an activating group) is 1. The highest BCUT2D eigenvalue weighted by molar-refractivity contribution is 6.39. The van der Waals surface area contributed by atoms with Crippen LogP contribution in [-0.2, 0) is 16.0 Å². The smallest absolute Gasteiger partial charge is 0.342 e. The fraction of sp³-hybridized carbons (Fsp3) is 0.250. The molecular formula is C28H25ClN4O3. The molecule has 3 aliphatic rings. The molecule has 0 aromatic heterocycles. The number of amides is 4. The van der Waals surface area contributed by atoms with Crippen molar-refractivity contribution in [1.29, 1.82) is 0 Å². The van der Waals surface area contributed by atoms with E-state index in [4.69, 9.17) is 11.6 Å². The summed E-state index contributed by atoms with van der Waals surface area (Å²) in [6, 6.07) is 22.2. The van der Waals surface area contributed by atoms with Crippen molar-refractivity contribution >= 4 is 46.5 Å². The summed E-state index contributed by atoms with van der Waals surface area (Å²) >= 11 is 6.68. The van der Waals surface area contributed by atoms with Gasteiger partial charge < -0.3 is 9.80 Å². The summed E-state index contributed by atoms with van der Waals surface area (Å²) < 4.78 is 0. The minimum absolute atomic E-state index is 0.120. The second kappa shape index (κ2) is 8.47. The molecule has 6 rings (SSSR count). The summed E-state index contributed by atoms with van der Waals surface area (Å²) in [5.41, 5.74) is 1.03. The Bertz CT molecular complexity index is 1300. The molecule has 3 aliphatic heterocycles. The predicted octanol–water partition coefficient (Wildman–Crippen LogP) is 4.20. The number of urea groups is 1. The Hall–Kier alpha value is -3.68. The summed E-state index contributed by atoms with van der Waals surface area (Å²) in [5.74, 6) is -1.02. The van der Waals surface area contributed by atoms with Gasteiger partial charge in [-0.1, -0.05) is 54.1 Å². The van der Waals surface area contributed by atoms with E-state index < -0.39 is 29.3 Å². The van der Waals surface area contributed by atoms with Crippen molar-refractivity contribution in [3.05, 3.63) is 89.4 Å². The molecule has 0 radical (unpaired) electrons. The molecule has 1 atom stereocenters.